The molecule has 1 saturated heterocycles. The molecule has 1 fully saturated rings. The van der Waals surface area contributed by atoms with Crippen LogP contribution in [0.2, 0.25) is 0 Å². The molecule has 1 aromatic heterocycles. The van der Waals surface area contributed by atoms with Crippen molar-refractivity contribution >= 4 is 24.1 Å². The van der Waals surface area contributed by atoms with Gasteiger partial charge in [-0.1, -0.05) is 12.1 Å². The molecule has 0 saturated carbocycles. The number of fused-ring (bicyclic) bond motifs is 1. The molecule has 0 atom stereocenters. The normalized spacial score (nSPS) is 19.3. The van der Waals surface area contributed by atoms with Crippen molar-refractivity contribution in [2.24, 2.45) is 0 Å². The first-order valence-corrected chi connectivity index (χ1v) is 8.97. The summed E-state index contributed by atoms with van der Waals surface area (Å²) in [5.41, 5.74) is 2.90. The molecule has 0 unspecified atom stereocenters. The van der Waals surface area contributed by atoms with Crippen LogP contribution in [0, 0.1) is 6.92 Å². The number of likely N-dealkylation sites (N-methyl/N-ethyl adjacent to an activating group) is 1. The van der Waals surface area contributed by atoms with Crippen LogP contribution >= 0.6 is 0 Å². The van der Waals surface area contributed by atoms with Gasteiger partial charge in [0.1, 0.15) is 0 Å². The fourth-order valence-corrected chi connectivity index (χ4v) is 3.10. The lowest BCUT2D eigenvalue weighted by molar-refractivity contribution is 0.00578. The molecule has 26 heavy (non-hydrogen) atoms. The molecule has 0 spiro atoms. The van der Waals surface area contributed by atoms with E-state index in [1.54, 1.807) is 6.07 Å². The van der Waals surface area contributed by atoms with Gasteiger partial charge in [0.25, 0.3) is 0 Å². The Morgan fingerprint density at radius 3 is 2.46 bits per heavy atom. The van der Waals surface area contributed by atoms with Gasteiger partial charge in [-0.25, -0.2) is 0 Å². The molecular weight excluding hydrogens is 327 g/mol. The number of hydrogen-bond acceptors (Lipinski definition) is 4. The summed E-state index contributed by atoms with van der Waals surface area (Å²) in [6, 6.07) is 7.47. The summed E-state index contributed by atoms with van der Waals surface area (Å²) in [4.78, 5) is 15.5. The molecule has 1 aromatic carbocycles. The summed E-state index contributed by atoms with van der Waals surface area (Å²) in [6.45, 7) is 10.7. The molecule has 6 heteroatoms. The second-order valence-corrected chi connectivity index (χ2v) is 7.96. The molecule has 2 aromatic rings. The van der Waals surface area contributed by atoms with Crippen LogP contribution in [-0.4, -0.2) is 36.9 Å². The highest BCUT2D eigenvalue weighted by Crippen LogP contribution is 2.38. The zero-order chi connectivity index (χ0) is 19.1. The third-order valence-electron chi connectivity index (χ3n) is 5.28. The number of benzene rings is 1. The fraction of sp³-hybridized carbons (Fsp3) is 0.450. The third kappa shape index (κ3) is 3.49. The van der Waals surface area contributed by atoms with Crippen molar-refractivity contribution in [1.82, 2.24) is 10.3 Å². The Labute approximate surface area is 154 Å². The summed E-state index contributed by atoms with van der Waals surface area (Å²) in [5, 5.41) is 3.86. The van der Waals surface area contributed by atoms with Crippen LogP contribution in [-0.2, 0) is 9.31 Å². The van der Waals surface area contributed by atoms with E-state index in [1.807, 2.05) is 65.9 Å². The van der Waals surface area contributed by atoms with E-state index in [2.05, 4.69) is 10.3 Å². The fourth-order valence-electron chi connectivity index (χ4n) is 3.10. The molecule has 138 valence electrons. The maximum absolute atomic E-state index is 12.3. The Bertz CT molecular complexity index is 899. The van der Waals surface area contributed by atoms with E-state index in [0.717, 1.165) is 22.2 Å². The second-order valence-electron chi connectivity index (χ2n) is 7.96. The van der Waals surface area contributed by atoms with E-state index >= 15 is 0 Å². The number of aromatic nitrogens is 1. The van der Waals surface area contributed by atoms with Gasteiger partial charge in [0.05, 0.1) is 11.2 Å². The standard InChI is InChI=1S/C20H27BN2O3/c1-13-9-18(24)16-11-14(7-8-17(16)23-13)10-15(12-22-6)21-25-19(2,3)20(4,5)26-21/h7-11,22H,12H2,1-6H3,(H,23,24). The van der Waals surface area contributed by atoms with Crippen molar-refractivity contribution in [1.29, 1.82) is 0 Å². The average Bonchev–Trinajstić information content (AvgIpc) is 2.75. The minimum atomic E-state index is -0.417. The van der Waals surface area contributed by atoms with Gasteiger partial charge in [0, 0.05) is 29.2 Å². The number of rotatable bonds is 4. The maximum atomic E-state index is 12.3. The Hall–Kier alpha value is -1.89. The maximum Gasteiger partial charge on any atom is 0.491 e. The predicted molar refractivity (Wildman–Crippen MR) is 107 cm³/mol. The molecule has 0 amide bonds. The Balaban J connectivity index is 2.00. The Kier molecular flexibility index (Phi) is 4.86. The molecule has 1 aliphatic rings. The quantitative estimate of drug-likeness (QED) is 0.829. The SMILES string of the molecule is CNCC(=Cc1ccc2[nH]c(C)cc(=O)c2c1)B1OC(C)(C)C(C)(C)O1. The number of aryl methyl sites for hydroxylation is 1. The van der Waals surface area contributed by atoms with Crippen LogP contribution in [0.25, 0.3) is 17.0 Å². The van der Waals surface area contributed by atoms with Crippen LogP contribution in [0.3, 0.4) is 0 Å². The number of aromatic amines is 1. The second kappa shape index (κ2) is 6.69. The zero-order valence-corrected chi connectivity index (χ0v) is 16.4. The van der Waals surface area contributed by atoms with E-state index in [9.17, 15) is 4.79 Å². The summed E-state index contributed by atoms with van der Waals surface area (Å²) >= 11 is 0. The van der Waals surface area contributed by atoms with Crippen molar-refractivity contribution in [2.75, 3.05) is 13.6 Å². The monoisotopic (exact) mass is 354 g/mol. The van der Waals surface area contributed by atoms with Gasteiger partial charge in [0.15, 0.2) is 5.43 Å². The van der Waals surface area contributed by atoms with Gasteiger partial charge in [-0.05, 0) is 64.8 Å². The third-order valence-corrected chi connectivity index (χ3v) is 5.28. The molecule has 1 aliphatic heterocycles. The minimum absolute atomic E-state index is 0.0253. The highest BCUT2D eigenvalue weighted by atomic mass is 16.7. The van der Waals surface area contributed by atoms with Crippen molar-refractivity contribution in [3.63, 3.8) is 0 Å². The topological polar surface area (TPSA) is 63.4 Å². The van der Waals surface area contributed by atoms with Crippen LogP contribution in [0.4, 0.5) is 0 Å². The molecule has 0 radical (unpaired) electrons. The van der Waals surface area contributed by atoms with E-state index in [4.69, 9.17) is 9.31 Å². The van der Waals surface area contributed by atoms with Gasteiger partial charge in [-0.15, -0.1) is 0 Å². The van der Waals surface area contributed by atoms with Crippen molar-refractivity contribution in [3.8, 4) is 0 Å². The van der Waals surface area contributed by atoms with Gasteiger partial charge < -0.3 is 19.6 Å². The van der Waals surface area contributed by atoms with E-state index in [1.165, 1.54) is 0 Å². The van der Waals surface area contributed by atoms with Gasteiger partial charge in [-0.3, -0.25) is 4.79 Å². The van der Waals surface area contributed by atoms with Crippen LogP contribution in [0.15, 0.2) is 34.5 Å². The highest BCUT2D eigenvalue weighted by molar-refractivity contribution is 6.55. The summed E-state index contributed by atoms with van der Waals surface area (Å²) in [6.07, 6.45) is 2.04. The van der Waals surface area contributed by atoms with Gasteiger partial charge >= 0.3 is 7.12 Å². The molecular formula is C20H27BN2O3. The minimum Gasteiger partial charge on any atom is -0.400 e. The Morgan fingerprint density at radius 1 is 1.19 bits per heavy atom. The summed E-state index contributed by atoms with van der Waals surface area (Å²) in [5.74, 6) is 0. The number of pyridine rings is 1. The van der Waals surface area contributed by atoms with Crippen molar-refractivity contribution < 1.29 is 9.31 Å². The molecule has 0 bridgehead atoms. The lowest BCUT2D eigenvalue weighted by Gasteiger charge is -2.32. The van der Waals surface area contributed by atoms with Crippen molar-refractivity contribution in [2.45, 2.75) is 45.8 Å². The highest BCUT2D eigenvalue weighted by Gasteiger charge is 2.52. The molecule has 2 N–H and O–H groups in total. The lowest BCUT2D eigenvalue weighted by Crippen LogP contribution is -2.41. The van der Waals surface area contributed by atoms with Crippen LogP contribution in [0.1, 0.15) is 39.0 Å². The number of nitrogens with one attached hydrogen (secondary N) is 2. The molecule has 0 aliphatic carbocycles. The molecule has 3 rings (SSSR count). The van der Waals surface area contributed by atoms with Crippen molar-refractivity contribution in [3.05, 3.63) is 51.2 Å². The first-order chi connectivity index (χ1) is 12.1. The number of hydrogen-bond donors (Lipinski definition) is 2. The Morgan fingerprint density at radius 2 is 1.85 bits per heavy atom. The zero-order valence-electron chi connectivity index (χ0n) is 16.4. The predicted octanol–water partition coefficient (Wildman–Crippen LogP) is 3.07. The molecule has 5 nitrogen and oxygen atoms in total. The smallest absolute Gasteiger partial charge is 0.400 e. The van der Waals surface area contributed by atoms with Crippen LogP contribution in [0.5, 0.6) is 0 Å². The lowest BCUT2D eigenvalue weighted by atomic mass is 9.77. The first-order valence-electron chi connectivity index (χ1n) is 8.97. The summed E-state index contributed by atoms with van der Waals surface area (Å²) < 4.78 is 12.4. The van der Waals surface area contributed by atoms with E-state index < -0.39 is 7.12 Å². The largest absolute Gasteiger partial charge is 0.491 e. The van der Waals surface area contributed by atoms with E-state index in [0.29, 0.717) is 11.9 Å². The molecule has 2 heterocycles. The number of H-pyrrole nitrogens is 1. The summed E-state index contributed by atoms with van der Waals surface area (Å²) in [7, 11) is 1.48. The average molecular weight is 354 g/mol. The van der Waals surface area contributed by atoms with Gasteiger partial charge in [-0.2, -0.15) is 0 Å². The van der Waals surface area contributed by atoms with Gasteiger partial charge in [0.2, 0.25) is 0 Å². The van der Waals surface area contributed by atoms with E-state index in [-0.39, 0.29) is 16.6 Å². The first kappa shape index (κ1) is 18.9. The van der Waals surface area contributed by atoms with Crippen LogP contribution < -0.4 is 10.7 Å².